The molecule has 0 radical (unpaired) electrons. The van der Waals surface area contributed by atoms with Gasteiger partial charge in [-0.3, -0.25) is 0 Å². The van der Waals surface area contributed by atoms with Gasteiger partial charge in [0, 0.05) is 5.41 Å². The molecule has 0 amide bonds. The van der Waals surface area contributed by atoms with E-state index >= 15 is 0 Å². The van der Waals surface area contributed by atoms with Crippen LogP contribution < -0.4 is 0 Å². The molecule has 0 saturated heterocycles. The standard InChI is InChI=1S/C17H19FO2/c1-13-3-2-4-14(9-13)10-17(11-19,12-20)15-5-7-16(18)8-6-15/h2-9,19-20H,10-12H2,1H3. The molecule has 0 aliphatic rings. The van der Waals surface area contributed by atoms with Crippen LogP contribution in [0.2, 0.25) is 0 Å². The number of hydrogen-bond acceptors (Lipinski definition) is 2. The Morgan fingerprint density at radius 3 is 2.20 bits per heavy atom. The molecule has 0 aromatic heterocycles. The molecule has 0 atom stereocenters. The fourth-order valence-electron chi connectivity index (χ4n) is 2.46. The summed E-state index contributed by atoms with van der Waals surface area (Å²) in [5.41, 5.74) is 2.12. The number of rotatable bonds is 5. The maximum atomic E-state index is 13.0. The molecule has 2 nitrogen and oxygen atoms in total. The monoisotopic (exact) mass is 274 g/mol. The molecule has 0 aliphatic carbocycles. The van der Waals surface area contributed by atoms with Gasteiger partial charge in [-0.15, -0.1) is 0 Å². The summed E-state index contributed by atoms with van der Waals surface area (Å²) in [6.45, 7) is 1.62. The summed E-state index contributed by atoms with van der Waals surface area (Å²) in [6, 6.07) is 13.9. The van der Waals surface area contributed by atoms with Gasteiger partial charge in [-0.1, -0.05) is 42.0 Å². The Morgan fingerprint density at radius 1 is 1.00 bits per heavy atom. The van der Waals surface area contributed by atoms with Gasteiger partial charge in [-0.05, 0) is 36.6 Å². The first-order valence-electron chi connectivity index (χ1n) is 6.63. The van der Waals surface area contributed by atoms with Crippen LogP contribution in [0, 0.1) is 12.7 Å². The van der Waals surface area contributed by atoms with E-state index in [9.17, 15) is 14.6 Å². The van der Waals surface area contributed by atoms with Gasteiger partial charge in [0.25, 0.3) is 0 Å². The number of aliphatic hydroxyl groups excluding tert-OH is 2. The zero-order valence-corrected chi connectivity index (χ0v) is 11.5. The van der Waals surface area contributed by atoms with Crippen LogP contribution >= 0.6 is 0 Å². The SMILES string of the molecule is Cc1cccc(CC(CO)(CO)c2ccc(F)cc2)c1. The van der Waals surface area contributed by atoms with Crippen LogP contribution in [-0.2, 0) is 11.8 Å². The first-order valence-corrected chi connectivity index (χ1v) is 6.63. The summed E-state index contributed by atoms with van der Waals surface area (Å²) in [5.74, 6) is -0.325. The van der Waals surface area contributed by atoms with Gasteiger partial charge < -0.3 is 10.2 Å². The van der Waals surface area contributed by atoms with Gasteiger partial charge in [0.05, 0.1) is 13.2 Å². The van der Waals surface area contributed by atoms with Crippen molar-refractivity contribution in [2.24, 2.45) is 0 Å². The van der Waals surface area contributed by atoms with E-state index < -0.39 is 5.41 Å². The lowest BCUT2D eigenvalue weighted by Crippen LogP contribution is -2.37. The lowest BCUT2D eigenvalue weighted by Gasteiger charge is -2.30. The maximum Gasteiger partial charge on any atom is 0.123 e. The fraction of sp³-hybridized carbons (Fsp3) is 0.294. The van der Waals surface area contributed by atoms with E-state index in [0.29, 0.717) is 6.42 Å². The molecule has 0 bridgehead atoms. The summed E-state index contributed by atoms with van der Waals surface area (Å²) < 4.78 is 13.0. The fourth-order valence-corrected chi connectivity index (χ4v) is 2.46. The predicted molar refractivity (Wildman–Crippen MR) is 77.1 cm³/mol. The number of hydrogen-bond donors (Lipinski definition) is 2. The molecule has 0 saturated carbocycles. The third kappa shape index (κ3) is 3.06. The quantitative estimate of drug-likeness (QED) is 0.880. The predicted octanol–water partition coefficient (Wildman–Crippen LogP) is 2.60. The number of benzene rings is 2. The van der Waals surface area contributed by atoms with Crippen molar-refractivity contribution in [3.63, 3.8) is 0 Å². The van der Waals surface area contributed by atoms with E-state index in [-0.39, 0.29) is 19.0 Å². The minimum Gasteiger partial charge on any atom is -0.395 e. The first kappa shape index (κ1) is 14.7. The third-order valence-electron chi connectivity index (χ3n) is 3.69. The van der Waals surface area contributed by atoms with E-state index in [4.69, 9.17) is 0 Å². The zero-order valence-electron chi connectivity index (χ0n) is 11.5. The largest absolute Gasteiger partial charge is 0.395 e. The van der Waals surface area contributed by atoms with Gasteiger partial charge >= 0.3 is 0 Å². The second-order valence-electron chi connectivity index (χ2n) is 5.27. The average molecular weight is 274 g/mol. The van der Waals surface area contributed by atoms with Crippen LogP contribution in [0.1, 0.15) is 16.7 Å². The van der Waals surface area contributed by atoms with E-state index in [1.165, 1.54) is 12.1 Å². The Morgan fingerprint density at radius 2 is 1.65 bits per heavy atom. The highest BCUT2D eigenvalue weighted by molar-refractivity contribution is 5.32. The van der Waals surface area contributed by atoms with Crippen LogP contribution in [0.5, 0.6) is 0 Å². The van der Waals surface area contributed by atoms with Crippen molar-refractivity contribution in [1.82, 2.24) is 0 Å². The van der Waals surface area contributed by atoms with Crippen molar-refractivity contribution in [3.8, 4) is 0 Å². The van der Waals surface area contributed by atoms with Crippen molar-refractivity contribution >= 4 is 0 Å². The highest BCUT2D eigenvalue weighted by atomic mass is 19.1. The molecule has 0 heterocycles. The summed E-state index contributed by atoms with van der Waals surface area (Å²) >= 11 is 0. The lowest BCUT2D eigenvalue weighted by molar-refractivity contribution is 0.116. The van der Waals surface area contributed by atoms with Crippen molar-refractivity contribution in [2.45, 2.75) is 18.8 Å². The van der Waals surface area contributed by atoms with Crippen LogP contribution in [0.4, 0.5) is 4.39 Å². The number of aliphatic hydroxyl groups is 2. The van der Waals surface area contributed by atoms with Gasteiger partial charge in [-0.2, -0.15) is 0 Å². The summed E-state index contributed by atoms with van der Waals surface area (Å²) in [6.07, 6.45) is 0.507. The summed E-state index contributed by atoms with van der Waals surface area (Å²) in [5, 5.41) is 19.6. The van der Waals surface area contributed by atoms with Crippen molar-refractivity contribution in [2.75, 3.05) is 13.2 Å². The Kier molecular flexibility index (Phi) is 4.53. The highest BCUT2D eigenvalue weighted by Crippen LogP contribution is 2.28. The second kappa shape index (κ2) is 6.16. The summed E-state index contributed by atoms with van der Waals surface area (Å²) in [4.78, 5) is 0. The van der Waals surface area contributed by atoms with E-state index in [0.717, 1.165) is 16.7 Å². The van der Waals surface area contributed by atoms with Gasteiger partial charge in [0.15, 0.2) is 0 Å². The molecule has 20 heavy (non-hydrogen) atoms. The molecule has 0 spiro atoms. The molecule has 0 fully saturated rings. The van der Waals surface area contributed by atoms with Crippen LogP contribution in [0.25, 0.3) is 0 Å². The van der Waals surface area contributed by atoms with Gasteiger partial charge in [-0.25, -0.2) is 4.39 Å². The Bertz CT molecular complexity index is 559. The second-order valence-corrected chi connectivity index (χ2v) is 5.27. The van der Waals surface area contributed by atoms with Crippen LogP contribution in [0.15, 0.2) is 48.5 Å². The van der Waals surface area contributed by atoms with Crippen LogP contribution in [0.3, 0.4) is 0 Å². The van der Waals surface area contributed by atoms with Gasteiger partial charge in [0.1, 0.15) is 5.82 Å². The molecule has 0 unspecified atom stereocenters. The van der Waals surface area contributed by atoms with E-state index in [1.807, 2.05) is 31.2 Å². The smallest absolute Gasteiger partial charge is 0.123 e. The average Bonchev–Trinajstić information content (AvgIpc) is 2.46. The highest BCUT2D eigenvalue weighted by Gasteiger charge is 2.31. The molecule has 3 heteroatoms. The molecular weight excluding hydrogens is 255 g/mol. The first-order chi connectivity index (χ1) is 9.59. The molecule has 0 aliphatic heterocycles. The van der Waals surface area contributed by atoms with Crippen molar-refractivity contribution < 1.29 is 14.6 Å². The number of aryl methyl sites for hydroxylation is 1. The summed E-state index contributed by atoms with van der Waals surface area (Å²) in [7, 11) is 0. The van der Waals surface area contributed by atoms with Gasteiger partial charge in [0.2, 0.25) is 0 Å². The van der Waals surface area contributed by atoms with E-state index in [2.05, 4.69) is 0 Å². The Hall–Kier alpha value is -1.71. The third-order valence-corrected chi connectivity index (χ3v) is 3.69. The molecular formula is C17H19FO2. The number of halogens is 1. The van der Waals surface area contributed by atoms with Crippen LogP contribution in [-0.4, -0.2) is 23.4 Å². The molecule has 2 N–H and O–H groups in total. The topological polar surface area (TPSA) is 40.5 Å². The lowest BCUT2D eigenvalue weighted by atomic mass is 9.76. The van der Waals surface area contributed by atoms with E-state index in [1.54, 1.807) is 12.1 Å². The van der Waals surface area contributed by atoms with Crippen molar-refractivity contribution in [1.29, 1.82) is 0 Å². The maximum absolute atomic E-state index is 13.0. The molecule has 2 aromatic rings. The molecule has 2 rings (SSSR count). The minimum atomic E-state index is -0.790. The minimum absolute atomic E-state index is 0.191. The normalized spacial score (nSPS) is 11.6. The van der Waals surface area contributed by atoms with Crippen molar-refractivity contribution in [3.05, 3.63) is 71.0 Å². The molecule has 2 aromatic carbocycles. The Labute approximate surface area is 118 Å². The Balaban J connectivity index is 2.36. The molecule has 106 valence electrons. The zero-order chi connectivity index (χ0) is 14.6.